The predicted molar refractivity (Wildman–Crippen MR) is 133 cm³/mol. The lowest BCUT2D eigenvalue weighted by Crippen LogP contribution is -2.46. The number of oxazole rings is 1. The molecule has 0 bridgehead atoms. The fourth-order valence-corrected chi connectivity index (χ4v) is 4.02. The molecule has 2 N–H and O–H groups in total. The van der Waals surface area contributed by atoms with Gasteiger partial charge in [-0.25, -0.2) is 4.98 Å². The molecule has 174 valence electrons. The molecule has 7 nitrogen and oxygen atoms in total. The Morgan fingerprint density at radius 3 is 2.36 bits per heavy atom. The molecule has 1 fully saturated rings. The summed E-state index contributed by atoms with van der Waals surface area (Å²) in [7, 11) is 1.79. The first kappa shape index (κ1) is 23.0. The van der Waals surface area contributed by atoms with Crippen molar-refractivity contribution in [2.75, 3.05) is 46.3 Å². The Kier molecular flexibility index (Phi) is 8.49. The summed E-state index contributed by atoms with van der Waals surface area (Å²) in [6, 6.07) is 20.7. The first-order valence-electron chi connectivity index (χ1n) is 11.7. The van der Waals surface area contributed by atoms with Crippen LogP contribution >= 0.6 is 0 Å². The maximum atomic E-state index is 5.60. The molecule has 1 aliphatic heterocycles. The van der Waals surface area contributed by atoms with Crippen LogP contribution < -0.4 is 10.6 Å². The lowest BCUT2D eigenvalue weighted by molar-refractivity contribution is 0.126. The number of rotatable bonds is 9. The van der Waals surface area contributed by atoms with Crippen molar-refractivity contribution in [1.29, 1.82) is 0 Å². The monoisotopic (exact) mass is 446 g/mol. The van der Waals surface area contributed by atoms with E-state index in [2.05, 4.69) is 60.7 Å². The fraction of sp³-hybridized carbons (Fsp3) is 0.385. The highest BCUT2D eigenvalue weighted by Crippen LogP contribution is 2.17. The van der Waals surface area contributed by atoms with E-state index >= 15 is 0 Å². The van der Waals surface area contributed by atoms with Crippen LogP contribution in [-0.4, -0.2) is 67.1 Å². The highest BCUT2D eigenvalue weighted by atomic mass is 16.3. The van der Waals surface area contributed by atoms with Crippen LogP contribution in [0.4, 0.5) is 0 Å². The summed E-state index contributed by atoms with van der Waals surface area (Å²) >= 11 is 0. The number of aromatic nitrogens is 1. The second kappa shape index (κ2) is 12.2. The van der Waals surface area contributed by atoms with E-state index in [1.54, 1.807) is 13.3 Å². The molecule has 0 unspecified atom stereocenters. The van der Waals surface area contributed by atoms with Gasteiger partial charge >= 0.3 is 0 Å². The van der Waals surface area contributed by atoms with Gasteiger partial charge in [0.1, 0.15) is 6.26 Å². The molecule has 2 aromatic carbocycles. The van der Waals surface area contributed by atoms with Crippen LogP contribution in [0.2, 0.25) is 0 Å². The summed E-state index contributed by atoms with van der Waals surface area (Å²) < 4.78 is 5.60. The second-order valence-corrected chi connectivity index (χ2v) is 8.32. The van der Waals surface area contributed by atoms with E-state index in [4.69, 9.17) is 4.42 Å². The lowest BCUT2D eigenvalue weighted by atomic mass is 10.2. The number of hydrogen-bond acceptors (Lipinski definition) is 5. The van der Waals surface area contributed by atoms with Gasteiger partial charge in [0, 0.05) is 51.9 Å². The number of nitrogens with zero attached hydrogens (tertiary/aromatic N) is 4. The molecule has 33 heavy (non-hydrogen) atoms. The molecule has 0 saturated carbocycles. The van der Waals surface area contributed by atoms with E-state index in [1.807, 2.05) is 30.3 Å². The fourth-order valence-electron chi connectivity index (χ4n) is 4.02. The van der Waals surface area contributed by atoms with Gasteiger partial charge in [0.25, 0.3) is 0 Å². The highest BCUT2D eigenvalue weighted by Gasteiger charge is 2.16. The molecule has 2 heterocycles. The van der Waals surface area contributed by atoms with Crippen molar-refractivity contribution in [3.8, 4) is 11.5 Å². The van der Waals surface area contributed by atoms with Crippen molar-refractivity contribution < 1.29 is 4.42 Å². The Morgan fingerprint density at radius 1 is 0.939 bits per heavy atom. The molecule has 0 spiro atoms. The third-order valence-corrected chi connectivity index (χ3v) is 5.89. The molecule has 0 radical (unpaired) electrons. The average molecular weight is 447 g/mol. The predicted octanol–water partition coefficient (Wildman–Crippen LogP) is 3.21. The Hall–Kier alpha value is -3.16. The summed E-state index contributed by atoms with van der Waals surface area (Å²) in [6.45, 7) is 8.15. The van der Waals surface area contributed by atoms with Crippen molar-refractivity contribution in [3.05, 3.63) is 78.2 Å². The average Bonchev–Trinajstić information content (AvgIpc) is 3.35. The van der Waals surface area contributed by atoms with Gasteiger partial charge in [-0.3, -0.25) is 9.89 Å². The first-order valence-corrected chi connectivity index (χ1v) is 11.7. The van der Waals surface area contributed by atoms with Crippen LogP contribution in [0, 0.1) is 0 Å². The molecule has 1 aliphatic rings. The molecule has 1 saturated heterocycles. The van der Waals surface area contributed by atoms with Crippen LogP contribution in [0.1, 0.15) is 17.7 Å². The third kappa shape index (κ3) is 7.17. The normalized spacial score (nSPS) is 15.5. The topological polar surface area (TPSA) is 68.9 Å². The van der Waals surface area contributed by atoms with Crippen molar-refractivity contribution in [2.24, 2.45) is 4.99 Å². The Balaban J connectivity index is 1.10. The van der Waals surface area contributed by atoms with Gasteiger partial charge in [0.2, 0.25) is 5.89 Å². The summed E-state index contributed by atoms with van der Waals surface area (Å²) in [4.78, 5) is 14.0. The van der Waals surface area contributed by atoms with Crippen LogP contribution in [-0.2, 0) is 13.1 Å². The van der Waals surface area contributed by atoms with Crippen LogP contribution in [0.15, 0.2) is 76.3 Å². The van der Waals surface area contributed by atoms with Crippen molar-refractivity contribution in [2.45, 2.75) is 19.5 Å². The zero-order valence-corrected chi connectivity index (χ0v) is 19.4. The quantitative estimate of drug-likeness (QED) is 0.299. The molecule has 0 aliphatic carbocycles. The van der Waals surface area contributed by atoms with Crippen LogP contribution in [0.5, 0.6) is 0 Å². The van der Waals surface area contributed by atoms with Gasteiger partial charge in [0.15, 0.2) is 5.96 Å². The van der Waals surface area contributed by atoms with Gasteiger partial charge in [-0.2, -0.15) is 0 Å². The molecule has 1 aromatic heterocycles. The van der Waals surface area contributed by atoms with Crippen molar-refractivity contribution >= 4 is 5.96 Å². The number of nitrogens with one attached hydrogen (secondary N) is 2. The molecule has 0 amide bonds. The zero-order chi connectivity index (χ0) is 22.7. The summed E-state index contributed by atoms with van der Waals surface area (Å²) in [5, 5.41) is 6.72. The van der Waals surface area contributed by atoms with Gasteiger partial charge in [-0.15, -0.1) is 0 Å². The van der Waals surface area contributed by atoms with E-state index in [1.165, 1.54) is 5.56 Å². The minimum atomic E-state index is 0.569. The summed E-state index contributed by atoms with van der Waals surface area (Å²) in [5.74, 6) is 1.42. The molecule has 3 aromatic rings. The van der Waals surface area contributed by atoms with E-state index in [0.717, 1.165) is 69.5 Å². The van der Waals surface area contributed by atoms with E-state index in [-0.39, 0.29) is 0 Å². The number of guanidine groups is 1. The zero-order valence-electron chi connectivity index (χ0n) is 19.4. The smallest absolute Gasteiger partial charge is 0.226 e. The summed E-state index contributed by atoms with van der Waals surface area (Å²) in [5.41, 5.74) is 3.23. The Labute approximate surface area is 196 Å². The number of aliphatic imine (C=N–C) groups is 1. The maximum absolute atomic E-state index is 5.60. The van der Waals surface area contributed by atoms with Crippen LogP contribution in [0.25, 0.3) is 11.5 Å². The molecule has 4 rings (SSSR count). The van der Waals surface area contributed by atoms with E-state index in [9.17, 15) is 0 Å². The maximum Gasteiger partial charge on any atom is 0.226 e. The largest absolute Gasteiger partial charge is 0.444 e. The lowest BCUT2D eigenvalue weighted by Gasteiger charge is -2.34. The number of hydrogen-bond donors (Lipinski definition) is 2. The highest BCUT2D eigenvalue weighted by molar-refractivity contribution is 5.79. The van der Waals surface area contributed by atoms with E-state index < -0.39 is 0 Å². The molecular formula is C26H34N6O. The van der Waals surface area contributed by atoms with Gasteiger partial charge in [-0.05, 0) is 30.7 Å². The second-order valence-electron chi connectivity index (χ2n) is 8.32. The minimum Gasteiger partial charge on any atom is -0.444 e. The van der Waals surface area contributed by atoms with E-state index in [0.29, 0.717) is 12.4 Å². The van der Waals surface area contributed by atoms with Gasteiger partial charge in [-0.1, -0.05) is 48.5 Å². The Bertz CT molecular complexity index is 980. The SMILES string of the molecule is CN=C(NCCCN1CCN(Cc2ccccc2)CC1)NCc1coc(-c2ccccc2)n1. The molecule has 7 heteroatoms. The van der Waals surface area contributed by atoms with Crippen molar-refractivity contribution in [3.63, 3.8) is 0 Å². The van der Waals surface area contributed by atoms with Gasteiger partial charge < -0.3 is 20.0 Å². The molecular weight excluding hydrogens is 412 g/mol. The first-order chi connectivity index (χ1) is 16.3. The molecule has 0 atom stereocenters. The third-order valence-electron chi connectivity index (χ3n) is 5.89. The summed E-state index contributed by atoms with van der Waals surface area (Å²) in [6.07, 6.45) is 2.78. The number of piperazine rings is 1. The minimum absolute atomic E-state index is 0.569. The Morgan fingerprint density at radius 2 is 1.64 bits per heavy atom. The number of benzene rings is 2. The standard InChI is InChI=1S/C26H34N6O/c1-27-26(29-19-24-21-33-25(30-24)23-11-6-3-7-12-23)28-13-8-14-31-15-17-32(18-16-31)20-22-9-4-2-5-10-22/h2-7,9-12,21H,8,13-20H2,1H3,(H2,27,28,29). The van der Waals surface area contributed by atoms with Crippen LogP contribution in [0.3, 0.4) is 0 Å². The van der Waals surface area contributed by atoms with Crippen molar-refractivity contribution in [1.82, 2.24) is 25.4 Å². The van der Waals surface area contributed by atoms with Gasteiger partial charge in [0.05, 0.1) is 12.2 Å².